The van der Waals surface area contributed by atoms with Gasteiger partial charge >= 0.3 is 0 Å². The maximum atomic E-state index is 6.33. The lowest BCUT2D eigenvalue weighted by molar-refractivity contribution is 0.0827. The van der Waals surface area contributed by atoms with Crippen LogP contribution in [0, 0.1) is 5.92 Å². The van der Waals surface area contributed by atoms with Gasteiger partial charge in [-0.15, -0.1) is 0 Å². The average molecular weight is 286 g/mol. The molecule has 1 fully saturated rings. The van der Waals surface area contributed by atoms with E-state index in [-0.39, 0.29) is 5.54 Å². The molecule has 21 heavy (non-hydrogen) atoms. The molecule has 0 saturated heterocycles. The lowest BCUT2D eigenvalue weighted by Gasteiger charge is -2.47. The lowest BCUT2D eigenvalue weighted by Crippen LogP contribution is -2.52. The maximum absolute atomic E-state index is 6.33. The maximum Gasteiger partial charge on any atom is 0.0584 e. The number of nitrogens with zero attached hydrogens (tertiary/aromatic N) is 1. The van der Waals surface area contributed by atoms with E-state index in [2.05, 4.69) is 43.1 Å². The molecule has 2 aliphatic rings. The fourth-order valence-electron chi connectivity index (χ4n) is 4.62. The first-order valence-corrected chi connectivity index (χ1v) is 8.68. The molecule has 0 heterocycles. The number of fused-ring (bicyclic) bond motifs is 1. The Kier molecular flexibility index (Phi) is 4.37. The van der Waals surface area contributed by atoms with E-state index in [0.717, 1.165) is 12.5 Å². The van der Waals surface area contributed by atoms with Crippen molar-refractivity contribution in [1.29, 1.82) is 0 Å². The number of hydrogen-bond acceptors (Lipinski definition) is 2. The molecular formula is C19H30N2. The van der Waals surface area contributed by atoms with Crippen LogP contribution in [0.15, 0.2) is 24.3 Å². The predicted octanol–water partition coefficient (Wildman–Crippen LogP) is 3.86. The van der Waals surface area contributed by atoms with E-state index >= 15 is 0 Å². The second kappa shape index (κ2) is 6.10. The van der Waals surface area contributed by atoms with Crippen molar-refractivity contribution in [2.24, 2.45) is 11.7 Å². The van der Waals surface area contributed by atoms with Crippen molar-refractivity contribution >= 4 is 0 Å². The first-order chi connectivity index (χ1) is 10.2. The van der Waals surface area contributed by atoms with Crippen molar-refractivity contribution in [3.05, 3.63) is 35.4 Å². The smallest absolute Gasteiger partial charge is 0.0584 e. The monoisotopic (exact) mass is 286 g/mol. The molecule has 2 aliphatic carbocycles. The Bertz CT molecular complexity index is 478. The van der Waals surface area contributed by atoms with Gasteiger partial charge in [-0.1, -0.05) is 44.0 Å². The van der Waals surface area contributed by atoms with Gasteiger partial charge in [-0.3, -0.25) is 4.90 Å². The molecule has 0 aliphatic heterocycles. The molecular weight excluding hydrogens is 256 g/mol. The Labute approximate surface area is 129 Å². The van der Waals surface area contributed by atoms with E-state index in [9.17, 15) is 0 Å². The van der Waals surface area contributed by atoms with Crippen LogP contribution in [-0.4, -0.2) is 25.0 Å². The van der Waals surface area contributed by atoms with Gasteiger partial charge < -0.3 is 5.73 Å². The summed E-state index contributed by atoms with van der Waals surface area (Å²) in [7, 11) is 2.30. The predicted molar refractivity (Wildman–Crippen MR) is 89.4 cm³/mol. The highest BCUT2D eigenvalue weighted by molar-refractivity contribution is 5.39. The molecule has 1 aromatic rings. The topological polar surface area (TPSA) is 29.3 Å². The fourth-order valence-corrected chi connectivity index (χ4v) is 4.62. The molecule has 1 saturated carbocycles. The lowest BCUT2D eigenvalue weighted by atomic mass is 9.71. The largest absolute Gasteiger partial charge is 0.328 e. The fraction of sp³-hybridized carbons (Fsp3) is 0.684. The minimum absolute atomic E-state index is 0.0612. The van der Waals surface area contributed by atoms with Crippen LogP contribution in [0.3, 0.4) is 0 Å². The molecule has 1 aromatic carbocycles. The zero-order chi connectivity index (χ0) is 14.9. The van der Waals surface area contributed by atoms with Crippen LogP contribution >= 0.6 is 0 Å². The van der Waals surface area contributed by atoms with E-state index in [1.54, 1.807) is 0 Å². The first-order valence-electron chi connectivity index (χ1n) is 8.68. The highest BCUT2D eigenvalue weighted by Gasteiger charge is 2.41. The summed E-state index contributed by atoms with van der Waals surface area (Å²) < 4.78 is 0. The van der Waals surface area contributed by atoms with Crippen LogP contribution in [0.25, 0.3) is 0 Å². The van der Waals surface area contributed by atoms with E-state index in [0.29, 0.717) is 5.92 Å². The van der Waals surface area contributed by atoms with Crippen LogP contribution in [0.4, 0.5) is 0 Å². The van der Waals surface area contributed by atoms with Gasteiger partial charge in [0.2, 0.25) is 0 Å². The molecule has 0 bridgehead atoms. The van der Waals surface area contributed by atoms with Crippen molar-refractivity contribution in [3.63, 3.8) is 0 Å². The zero-order valence-corrected chi connectivity index (χ0v) is 13.6. The summed E-state index contributed by atoms with van der Waals surface area (Å²) in [5.74, 6) is 1.55. The number of likely N-dealkylation sites (N-methyl/N-ethyl adjacent to an activating group) is 1. The Morgan fingerprint density at radius 1 is 1.19 bits per heavy atom. The van der Waals surface area contributed by atoms with E-state index in [4.69, 9.17) is 5.73 Å². The standard InChI is InChI=1S/C19H30N2/c1-15-11-12-19(14-20,18-10-6-5-9-17(15)18)21(2)13-16-7-3-4-8-16/h5-6,9-10,15-16H,3-4,7-8,11-14,20H2,1-2H3. The van der Waals surface area contributed by atoms with Crippen LogP contribution in [0.5, 0.6) is 0 Å². The van der Waals surface area contributed by atoms with Crippen molar-refractivity contribution in [2.75, 3.05) is 20.1 Å². The number of nitrogens with two attached hydrogens (primary N) is 1. The van der Waals surface area contributed by atoms with Crippen LogP contribution in [-0.2, 0) is 5.54 Å². The summed E-state index contributed by atoms with van der Waals surface area (Å²) in [5, 5.41) is 0. The Morgan fingerprint density at radius 2 is 1.90 bits per heavy atom. The minimum atomic E-state index is 0.0612. The Balaban J connectivity index is 1.90. The van der Waals surface area contributed by atoms with E-state index < -0.39 is 0 Å². The van der Waals surface area contributed by atoms with E-state index in [1.807, 2.05) is 0 Å². The third-order valence-electron chi connectivity index (χ3n) is 6.06. The highest BCUT2D eigenvalue weighted by atomic mass is 15.2. The van der Waals surface area contributed by atoms with Crippen LogP contribution in [0.2, 0.25) is 0 Å². The van der Waals surface area contributed by atoms with E-state index in [1.165, 1.54) is 56.2 Å². The first kappa shape index (κ1) is 15.1. The molecule has 2 unspecified atom stereocenters. The Morgan fingerprint density at radius 3 is 2.62 bits per heavy atom. The summed E-state index contributed by atoms with van der Waals surface area (Å²) in [6, 6.07) is 9.00. The quantitative estimate of drug-likeness (QED) is 0.910. The molecule has 0 amide bonds. The summed E-state index contributed by atoms with van der Waals surface area (Å²) >= 11 is 0. The highest BCUT2D eigenvalue weighted by Crippen LogP contribution is 2.44. The summed E-state index contributed by atoms with van der Waals surface area (Å²) in [5.41, 5.74) is 9.41. The molecule has 3 rings (SSSR count). The zero-order valence-electron chi connectivity index (χ0n) is 13.6. The van der Waals surface area contributed by atoms with Gasteiger partial charge in [0.1, 0.15) is 0 Å². The number of rotatable bonds is 4. The van der Waals surface area contributed by atoms with Gasteiger partial charge in [-0.05, 0) is 55.7 Å². The van der Waals surface area contributed by atoms with Gasteiger partial charge in [-0.2, -0.15) is 0 Å². The van der Waals surface area contributed by atoms with Gasteiger partial charge in [0.05, 0.1) is 5.54 Å². The van der Waals surface area contributed by atoms with Crippen molar-refractivity contribution in [3.8, 4) is 0 Å². The third-order valence-corrected chi connectivity index (χ3v) is 6.06. The molecule has 2 heteroatoms. The average Bonchev–Trinajstić information content (AvgIpc) is 3.01. The second-order valence-electron chi connectivity index (χ2n) is 7.29. The van der Waals surface area contributed by atoms with Crippen LogP contribution < -0.4 is 5.73 Å². The van der Waals surface area contributed by atoms with Crippen molar-refractivity contribution < 1.29 is 0 Å². The number of benzene rings is 1. The van der Waals surface area contributed by atoms with Gasteiger partial charge in [0.15, 0.2) is 0 Å². The summed E-state index contributed by atoms with van der Waals surface area (Å²) in [4.78, 5) is 2.59. The van der Waals surface area contributed by atoms with Gasteiger partial charge in [0.25, 0.3) is 0 Å². The SMILES string of the molecule is CC1CCC(CN)(N(C)CC2CCCC2)c2ccccc21. The van der Waals surface area contributed by atoms with Gasteiger partial charge in [0, 0.05) is 13.1 Å². The summed E-state index contributed by atoms with van der Waals surface area (Å²) in [6.07, 6.45) is 8.10. The molecule has 2 atom stereocenters. The normalized spacial score (nSPS) is 29.8. The number of hydrogen-bond donors (Lipinski definition) is 1. The van der Waals surface area contributed by atoms with Crippen molar-refractivity contribution in [1.82, 2.24) is 4.90 Å². The minimum Gasteiger partial charge on any atom is -0.328 e. The Hall–Kier alpha value is -0.860. The molecule has 0 aromatic heterocycles. The second-order valence-corrected chi connectivity index (χ2v) is 7.29. The molecule has 116 valence electrons. The molecule has 2 nitrogen and oxygen atoms in total. The molecule has 0 radical (unpaired) electrons. The summed E-state index contributed by atoms with van der Waals surface area (Å²) in [6.45, 7) is 4.30. The van der Waals surface area contributed by atoms with Crippen molar-refractivity contribution in [2.45, 2.75) is 56.9 Å². The van der Waals surface area contributed by atoms with Crippen LogP contribution in [0.1, 0.15) is 62.5 Å². The third kappa shape index (κ3) is 2.64. The molecule has 2 N–H and O–H groups in total. The molecule has 0 spiro atoms. The van der Waals surface area contributed by atoms with Gasteiger partial charge in [-0.25, -0.2) is 0 Å².